The Bertz CT molecular complexity index is 479. The van der Waals surface area contributed by atoms with Crippen LogP contribution >= 0.6 is 11.3 Å². The van der Waals surface area contributed by atoms with E-state index >= 15 is 0 Å². The summed E-state index contributed by atoms with van der Waals surface area (Å²) in [6, 6.07) is 0. The maximum atomic E-state index is 11.6. The minimum Gasteiger partial charge on any atom is -0.466 e. The summed E-state index contributed by atoms with van der Waals surface area (Å²) >= 11 is 1.25. The van der Waals surface area contributed by atoms with Gasteiger partial charge in [0.25, 0.3) is 0 Å². The highest BCUT2D eigenvalue weighted by Crippen LogP contribution is 2.20. The van der Waals surface area contributed by atoms with Gasteiger partial charge < -0.3 is 9.47 Å². The van der Waals surface area contributed by atoms with Gasteiger partial charge in [-0.05, 0) is 26.8 Å². The quantitative estimate of drug-likeness (QED) is 0.751. The van der Waals surface area contributed by atoms with Gasteiger partial charge in [0.15, 0.2) is 0 Å². The Kier molecular flexibility index (Phi) is 6.21. The van der Waals surface area contributed by atoms with Gasteiger partial charge in [-0.2, -0.15) is 0 Å². The molecule has 0 spiro atoms. The van der Waals surface area contributed by atoms with Crippen LogP contribution in [0.15, 0.2) is 6.08 Å². The molecule has 0 bridgehead atoms. The molecule has 5 nitrogen and oxygen atoms in total. The Balaban J connectivity index is 2.65. The van der Waals surface area contributed by atoms with Gasteiger partial charge in [-0.25, -0.2) is 9.78 Å². The average molecular weight is 283 g/mol. The number of hydrogen-bond acceptors (Lipinski definition) is 6. The van der Waals surface area contributed by atoms with E-state index in [1.54, 1.807) is 32.9 Å². The van der Waals surface area contributed by atoms with Crippen LogP contribution in [-0.4, -0.2) is 30.1 Å². The van der Waals surface area contributed by atoms with Crippen molar-refractivity contribution >= 4 is 29.4 Å². The number of aryl methyl sites for hydroxylation is 1. The van der Waals surface area contributed by atoms with E-state index in [2.05, 4.69) is 4.98 Å². The van der Waals surface area contributed by atoms with Gasteiger partial charge in [0, 0.05) is 0 Å². The second kappa shape index (κ2) is 7.68. The maximum absolute atomic E-state index is 11.6. The van der Waals surface area contributed by atoms with Crippen LogP contribution in [0, 0.1) is 6.92 Å². The van der Waals surface area contributed by atoms with Gasteiger partial charge in [0.1, 0.15) is 9.88 Å². The fourth-order valence-electron chi connectivity index (χ4n) is 1.35. The Morgan fingerprint density at radius 2 is 1.95 bits per heavy atom. The molecular weight excluding hydrogens is 266 g/mol. The van der Waals surface area contributed by atoms with E-state index in [1.807, 2.05) is 0 Å². The number of nitrogens with zero attached hydrogens (tertiary/aromatic N) is 1. The first-order valence-corrected chi connectivity index (χ1v) is 6.86. The lowest BCUT2D eigenvalue weighted by molar-refractivity contribution is -0.142. The molecule has 0 amide bonds. The van der Waals surface area contributed by atoms with Crippen LogP contribution in [0.4, 0.5) is 0 Å². The normalized spacial score (nSPS) is 10.7. The number of carbonyl (C=O) groups is 2. The molecule has 0 saturated carbocycles. The molecule has 0 atom stereocenters. The van der Waals surface area contributed by atoms with E-state index in [0.29, 0.717) is 28.8 Å². The third-order valence-corrected chi connectivity index (χ3v) is 3.23. The minimum atomic E-state index is -0.359. The van der Waals surface area contributed by atoms with Crippen LogP contribution < -0.4 is 0 Å². The molecule has 0 N–H and O–H groups in total. The van der Waals surface area contributed by atoms with Gasteiger partial charge in [-0.3, -0.25) is 4.79 Å². The highest BCUT2D eigenvalue weighted by atomic mass is 32.1. The predicted molar refractivity (Wildman–Crippen MR) is 73.1 cm³/mol. The lowest BCUT2D eigenvalue weighted by Gasteiger charge is -1.97. The Hall–Kier alpha value is -1.69. The lowest BCUT2D eigenvalue weighted by atomic mass is 10.4. The van der Waals surface area contributed by atoms with E-state index in [4.69, 9.17) is 9.47 Å². The second-order valence-corrected chi connectivity index (χ2v) is 4.63. The molecule has 0 aliphatic heterocycles. The van der Waals surface area contributed by atoms with Crippen molar-refractivity contribution < 1.29 is 19.1 Å². The zero-order chi connectivity index (χ0) is 14.3. The highest BCUT2D eigenvalue weighted by molar-refractivity contribution is 7.14. The molecule has 0 unspecified atom stereocenters. The van der Waals surface area contributed by atoms with Gasteiger partial charge in [0.05, 0.1) is 25.3 Å². The van der Waals surface area contributed by atoms with Gasteiger partial charge >= 0.3 is 11.9 Å². The van der Waals surface area contributed by atoms with Crippen molar-refractivity contribution in [1.82, 2.24) is 4.98 Å². The van der Waals surface area contributed by atoms with E-state index < -0.39 is 0 Å². The molecule has 1 heterocycles. The topological polar surface area (TPSA) is 65.5 Å². The molecule has 1 aromatic heterocycles. The first-order chi connectivity index (χ1) is 9.08. The molecule has 1 rings (SSSR count). The van der Waals surface area contributed by atoms with Crippen LogP contribution in [0.25, 0.3) is 6.08 Å². The monoisotopic (exact) mass is 283 g/mol. The number of hydrogen-bond donors (Lipinski definition) is 0. The minimum absolute atomic E-state index is 0.196. The summed E-state index contributed by atoms with van der Waals surface area (Å²) in [4.78, 5) is 27.5. The molecule has 0 saturated heterocycles. The van der Waals surface area contributed by atoms with E-state index in [1.165, 1.54) is 11.3 Å². The fourth-order valence-corrected chi connectivity index (χ4v) is 2.24. The molecule has 1 aromatic rings. The molecule has 0 radical (unpaired) electrons. The average Bonchev–Trinajstić information content (AvgIpc) is 2.71. The summed E-state index contributed by atoms with van der Waals surface area (Å²) < 4.78 is 9.73. The predicted octanol–water partition coefficient (Wildman–Crippen LogP) is 2.59. The van der Waals surface area contributed by atoms with E-state index in [-0.39, 0.29) is 18.4 Å². The molecule has 104 valence electrons. The standard InChI is InChI=1S/C13H17NO4S/c1-4-17-11(15)8-6-7-10-14-9(3)12(19-10)13(16)18-5-2/h6-7H,4-5,8H2,1-3H3. The van der Waals surface area contributed by atoms with Gasteiger partial charge in [-0.1, -0.05) is 6.08 Å². The zero-order valence-electron chi connectivity index (χ0n) is 11.3. The van der Waals surface area contributed by atoms with Crippen LogP contribution in [0.1, 0.15) is 40.6 Å². The summed E-state index contributed by atoms with van der Waals surface area (Å²) in [6.07, 6.45) is 3.57. The number of thiazole rings is 1. The van der Waals surface area contributed by atoms with Crippen molar-refractivity contribution in [2.24, 2.45) is 0 Å². The Morgan fingerprint density at radius 1 is 1.26 bits per heavy atom. The largest absolute Gasteiger partial charge is 0.466 e. The van der Waals surface area contributed by atoms with Crippen molar-refractivity contribution in [3.8, 4) is 0 Å². The SMILES string of the molecule is CCOC(=O)CC=Cc1nc(C)c(C(=O)OCC)s1. The van der Waals surface area contributed by atoms with Crippen LogP contribution in [0.5, 0.6) is 0 Å². The maximum Gasteiger partial charge on any atom is 0.350 e. The molecule has 6 heteroatoms. The smallest absolute Gasteiger partial charge is 0.350 e. The number of ether oxygens (including phenoxy) is 2. The first-order valence-electron chi connectivity index (χ1n) is 6.05. The Labute approximate surface area is 116 Å². The van der Waals surface area contributed by atoms with Crippen molar-refractivity contribution in [2.75, 3.05) is 13.2 Å². The second-order valence-electron chi connectivity index (χ2n) is 3.60. The summed E-state index contributed by atoms with van der Waals surface area (Å²) in [6.45, 7) is 5.98. The molecule has 19 heavy (non-hydrogen) atoms. The first kappa shape index (κ1) is 15.4. The Morgan fingerprint density at radius 3 is 2.58 bits per heavy atom. The molecule has 0 fully saturated rings. The van der Waals surface area contributed by atoms with Crippen molar-refractivity contribution in [3.05, 3.63) is 21.7 Å². The summed E-state index contributed by atoms with van der Waals surface area (Å²) in [7, 11) is 0. The highest BCUT2D eigenvalue weighted by Gasteiger charge is 2.14. The van der Waals surface area contributed by atoms with Crippen molar-refractivity contribution in [1.29, 1.82) is 0 Å². The van der Waals surface area contributed by atoms with Crippen LogP contribution in [0.2, 0.25) is 0 Å². The number of carbonyl (C=O) groups excluding carboxylic acids is 2. The fraction of sp³-hybridized carbons (Fsp3) is 0.462. The number of aromatic nitrogens is 1. The molecule has 0 aromatic carbocycles. The van der Waals surface area contributed by atoms with E-state index in [9.17, 15) is 9.59 Å². The third kappa shape index (κ3) is 4.82. The summed E-state index contributed by atoms with van der Waals surface area (Å²) in [5.74, 6) is -0.639. The summed E-state index contributed by atoms with van der Waals surface area (Å²) in [5, 5.41) is 0.671. The van der Waals surface area contributed by atoms with Crippen molar-refractivity contribution in [2.45, 2.75) is 27.2 Å². The van der Waals surface area contributed by atoms with E-state index in [0.717, 1.165) is 0 Å². The van der Waals surface area contributed by atoms with Crippen LogP contribution in [0.3, 0.4) is 0 Å². The molecule has 0 aliphatic carbocycles. The summed E-state index contributed by atoms with van der Waals surface area (Å²) in [5.41, 5.74) is 0.638. The van der Waals surface area contributed by atoms with Gasteiger partial charge in [0.2, 0.25) is 0 Å². The third-order valence-electron chi connectivity index (χ3n) is 2.12. The lowest BCUT2D eigenvalue weighted by Crippen LogP contribution is -2.03. The number of esters is 2. The van der Waals surface area contributed by atoms with Crippen LogP contribution in [-0.2, 0) is 14.3 Å². The van der Waals surface area contributed by atoms with Crippen molar-refractivity contribution in [3.63, 3.8) is 0 Å². The molecule has 0 aliphatic rings. The van der Waals surface area contributed by atoms with Gasteiger partial charge in [-0.15, -0.1) is 11.3 Å². The molecular formula is C13H17NO4S. The number of rotatable bonds is 6. The zero-order valence-corrected chi connectivity index (χ0v) is 12.1.